The molecule has 0 aliphatic carbocycles. The maximum atomic E-state index is 14.0. The highest BCUT2D eigenvalue weighted by Gasteiger charge is 2.17. The van der Waals surface area contributed by atoms with Crippen LogP contribution in [0.25, 0.3) is 16.5 Å². The number of hydrogen-bond acceptors (Lipinski definition) is 5. The molecule has 0 aliphatic rings. The Labute approximate surface area is 187 Å². The summed E-state index contributed by atoms with van der Waals surface area (Å²) < 4.78 is 34.0. The van der Waals surface area contributed by atoms with Crippen LogP contribution in [0.3, 0.4) is 0 Å². The van der Waals surface area contributed by atoms with Gasteiger partial charge in [0.25, 0.3) is 5.56 Å². The normalized spacial score (nSPS) is 11.2. The summed E-state index contributed by atoms with van der Waals surface area (Å²) in [6, 6.07) is 15.8. The second kappa shape index (κ2) is 9.04. The number of aromatic hydroxyl groups is 1. The molecule has 0 saturated heterocycles. The minimum Gasteiger partial charge on any atom is -0.494 e. The number of ether oxygens (including phenoxy) is 1. The van der Waals surface area contributed by atoms with Crippen LogP contribution in [0.5, 0.6) is 5.88 Å². The zero-order chi connectivity index (χ0) is 23.5. The maximum Gasteiger partial charge on any atom is 0.338 e. The van der Waals surface area contributed by atoms with E-state index in [2.05, 4.69) is 4.99 Å². The van der Waals surface area contributed by atoms with Crippen LogP contribution in [0, 0.1) is 11.6 Å². The summed E-state index contributed by atoms with van der Waals surface area (Å²) >= 11 is 0. The smallest absolute Gasteiger partial charge is 0.338 e. The number of pyridine rings is 1. The Kier molecular flexibility index (Phi) is 5.99. The third-order valence-electron chi connectivity index (χ3n) is 5.00. The number of esters is 1. The van der Waals surface area contributed by atoms with E-state index in [1.807, 2.05) is 0 Å². The fourth-order valence-electron chi connectivity index (χ4n) is 3.43. The molecule has 4 aromatic rings. The number of nitrogens with zero attached hydrogens (tertiary/aromatic N) is 2. The third-order valence-corrected chi connectivity index (χ3v) is 5.00. The lowest BCUT2D eigenvalue weighted by Gasteiger charge is -2.14. The molecule has 0 spiro atoms. The number of carbonyl (C=O) groups excluding carboxylic acids is 1. The molecule has 0 bridgehead atoms. The van der Waals surface area contributed by atoms with Crippen LogP contribution in [0.15, 0.2) is 76.5 Å². The number of halogens is 2. The van der Waals surface area contributed by atoms with Gasteiger partial charge in [0.15, 0.2) is 11.6 Å². The Bertz CT molecular complexity index is 1420. The minimum atomic E-state index is -0.863. The summed E-state index contributed by atoms with van der Waals surface area (Å²) in [5, 5.41) is 11.6. The molecular weight excluding hydrogens is 430 g/mol. The third kappa shape index (κ3) is 4.10. The van der Waals surface area contributed by atoms with Crippen molar-refractivity contribution < 1.29 is 23.4 Å². The summed E-state index contributed by atoms with van der Waals surface area (Å²) in [6.07, 6.45) is 1.11. The molecule has 6 nitrogen and oxygen atoms in total. The van der Waals surface area contributed by atoms with Gasteiger partial charge in [-0.05, 0) is 49.4 Å². The van der Waals surface area contributed by atoms with Crippen molar-refractivity contribution in [3.8, 4) is 11.6 Å². The summed E-state index contributed by atoms with van der Waals surface area (Å²) in [4.78, 5) is 29.0. The number of para-hydroxylation sites is 1. The van der Waals surface area contributed by atoms with E-state index in [9.17, 15) is 23.5 Å². The highest BCUT2D eigenvalue weighted by atomic mass is 19.1. The lowest BCUT2D eigenvalue weighted by molar-refractivity contribution is 0.0526. The van der Waals surface area contributed by atoms with Crippen LogP contribution in [0.2, 0.25) is 0 Å². The van der Waals surface area contributed by atoms with Gasteiger partial charge in [-0.3, -0.25) is 4.79 Å². The second-order valence-corrected chi connectivity index (χ2v) is 7.02. The minimum absolute atomic E-state index is 0.0994. The van der Waals surface area contributed by atoms with Crippen molar-refractivity contribution in [2.24, 2.45) is 4.99 Å². The number of benzene rings is 3. The van der Waals surface area contributed by atoms with Crippen LogP contribution in [0.1, 0.15) is 22.8 Å². The molecule has 1 N–H and O–H groups in total. The Morgan fingerprint density at radius 1 is 1.00 bits per heavy atom. The van der Waals surface area contributed by atoms with Gasteiger partial charge in [0, 0.05) is 17.0 Å². The molecule has 4 rings (SSSR count). The van der Waals surface area contributed by atoms with Gasteiger partial charge in [-0.1, -0.05) is 24.3 Å². The summed E-state index contributed by atoms with van der Waals surface area (Å²) in [6.45, 7) is 1.91. The molecule has 0 radical (unpaired) electrons. The van der Waals surface area contributed by atoms with Gasteiger partial charge in [0.1, 0.15) is 5.69 Å². The number of rotatable bonds is 5. The SMILES string of the molecule is CCOC(=O)c1ccc(-n2c(O)c(C=Nc3c(F)cccc3F)c3ccccc3c2=O)cc1. The molecule has 0 saturated carbocycles. The monoisotopic (exact) mass is 448 g/mol. The topological polar surface area (TPSA) is 80.9 Å². The molecule has 0 aliphatic heterocycles. The Morgan fingerprint density at radius 3 is 2.27 bits per heavy atom. The van der Waals surface area contributed by atoms with Crippen LogP contribution in [-0.2, 0) is 4.74 Å². The van der Waals surface area contributed by atoms with Crippen LogP contribution >= 0.6 is 0 Å². The fourth-order valence-corrected chi connectivity index (χ4v) is 3.43. The van der Waals surface area contributed by atoms with Crippen molar-refractivity contribution in [1.82, 2.24) is 4.57 Å². The van der Waals surface area contributed by atoms with E-state index in [-0.39, 0.29) is 28.8 Å². The Morgan fingerprint density at radius 2 is 1.64 bits per heavy atom. The summed E-state index contributed by atoms with van der Waals surface area (Å²) in [7, 11) is 0. The highest BCUT2D eigenvalue weighted by Crippen LogP contribution is 2.28. The number of hydrogen-bond donors (Lipinski definition) is 1. The largest absolute Gasteiger partial charge is 0.494 e. The fraction of sp³-hybridized carbons (Fsp3) is 0.0800. The van der Waals surface area contributed by atoms with E-state index in [1.54, 1.807) is 31.2 Å². The van der Waals surface area contributed by atoms with Crippen molar-refractivity contribution in [3.05, 3.63) is 99.8 Å². The highest BCUT2D eigenvalue weighted by molar-refractivity contribution is 6.02. The lowest BCUT2D eigenvalue weighted by atomic mass is 10.1. The van der Waals surface area contributed by atoms with Crippen molar-refractivity contribution in [3.63, 3.8) is 0 Å². The standard InChI is InChI=1S/C25H18F2N2O4/c1-2-33-25(32)15-10-12-16(13-11-15)29-23(30)18-7-4-3-6-17(18)19(24(29)31)14-28-22-20(26)8-5-9-21(22)27/h3-14,31H,2H2,1H3. The molecule has 1 aromatic heterocycles. The molecular formula is C25H18F2N2O4. The maximum absolute atomic E-state index is 14.0. The zero-order valence-electron chi connectivity index (χ0n) is 17.5. The first-order chi connectivity index (χ1) is 15.9. The lowest BCUT2D eigenvalue weighted by Crippen LogP contribution is -2.20. The molecule has 0 fully saturated rings. The molecule has 0 atom stereocenters. The van der Waals surface area contributed by atoms with E-state index in [1.165, 1.54) is 30.3 Å². The van der Waals surface area contributed by atoms with Gasteiger partial charge >= 0.3 is 5.97 Å². The van der Waals surface area contributed by atoms with Crippen LogP contribution in [-0.4, -0.2) is 28.5 Å². The number of aromatic nitrogens is 1. The molecule has 0 unspecified atom stereocenters. The van der Waals surface area contributed by atoms with Crippen LogP contribution < -0.4 is 5.56 Å². The molecule has 0 amide bonds. The number of carbonyl (C=O) groups is 1. The van der Waals surface area contributed by atoms with E-state index in [0.717, 1.165) is 22.9 Å². The van der Waals surface area contributed by atoms with E-state index in [4.69, 9.17) is 4.74 Å². The first-order valence-corrected chi connectivity index (χ1v) is 10.0. The number of aliphatic imine (C=N–C) groups is 1. The number of fused-ring (bicyclic) bond motifs is 1. The molecule has 3 aromatic carbocycles. The van der Waals surface area contributed by atoms with Gasteiger partial charge in [-0.25, -0.2) is 23.1 Å². The van der Waals surface area contributed by atoms with E-state index >= 15 is 0 Å². The first kappa shape index (κ1) is 21.9. The summed E-state index contributed by atoms with van der Waals surface area (Å²) in [5.41, 5.74) is -0.366. The average Bonchev–Trinajstić information content (AvgIpc) is 2.81. The predicted octanol–water partition coefficient (Wildman–Crippen LogP) is 4.90. The van der Waals surface area contributed by atoms with E-state index in [0.29, 0.717) is 5.39 Å². The van der Waals surface area contributed by atoms with Gasteiger partial charge in [0.05, 0.1) is 23.4 Å². The van der Waals surface area contributed by atoms with Crippen molar-refractivity contribution in [1.29, 1.82) is 0 Å². The van der Waals surface area contributed by atoms with Crippen molar-refractivity contribution in [2.45, 2.75) is 6.92 Å². The van der Waals surface area contributed by atoms with Gasteiger partial charge in [-0.2, -0.15) is 0 Å². The second-order valence-electron chi connectivity index (χ2n) is 7.02. The Hall–Kier alpha value is -4.33. The Balaban J connectivity index is 1.90. The molecule has 33 heavy (non-hydrogen) atoms. The van der Waals surface area contributed by atoms with Crippen LogP contribution in [0.4, 0.5) is 14.5 Å². The quantitative estimate of drug-likeness (QED) is 0.348. The van der Waals surface area contributed by atoms with Crippen molar-refractivity contribution in [2.75, 3.05) is 6.61 Å². The predicted molar refractivity (Wildman–Crippen MR) is 121 cm³/mol. The molecule has 8 heteroatoms. The average molecular weight is 448 g/mol. The van der Waals surface area contributed by atoms with Gasteiger partial charge < -0.3 is 9.84 Å². The van der Waals surface area contributed by atoms with Gasteiger partial charge in [0.2, 0.25) is 5.88 Å². The molecule has 166 valence electrons. The van der Waals surface area contributed by atoms with Crippen molar-refractivity contribution >= 4 is 28.6 Å². The zero-order valence-corrected chi connectivity index (χ0v) is 17.5. The van der Waals surface area contributed by atoms with E-state index < -0.39 is 34.7 Å². The molecule has 1 heterocycles. The van der Waals surface area contributed by atoms with Gasteiger partial charge in [-0.15, -0.1) is 0 Å². The summed E-state index contributed by atoms with van der Waals surface area (Å²) in [5.74, 6) is -2.71. The first-order valence-electron chi connectivity index (χ1n) is 10.0.